The van der Waals surface area contributed by atoms with Crippen molar-refractivity contribution in [3.05, 3.63) is 88.5 Å². The normalized spacial score (nSPS) is 12.0. The Bertz CT molecular complexity index is 1070. The first-order chi connectivity index (χ1) is 14.9. The molecule has 1 N–H and O–H groups in total. The van der Waals surface area contributed by atoms with Crippen LogP contribution in [0.5, 0.6) is 11.5 Å². The number of alkyl halides is 6. The highest BCUT2D eigenvalue weighted by atomic mass is 19.4. The second-order valence-electron chi connectivity index (χ2n) is 6.61. The van der Waals surface area contributed by atoms with Crippen molar-refractivity contribution in [3.63, 3.8) is 0 Å². The van der Waals surface area contributed by atoms with Gasteiger partial charge in [0.15, 0.2) is 5.92 Å². The smallest absolute Gasteiger partial charge is 0.404 e. The molecule has 3 aromatic rings. The van der Waals surface area contributed by atoms with Crippen LogP contribution in [0.1, 0.15) is 11.5 Å². The standard InChI is InChI=1S/C21H14F6N2O3/c22-20(23,24)19(21(25,26)27)13-5-9-15(10-6-13)32-16-11-7-14(8-12-16)28-17-3-1-2-4-18(17)29(30)31/h1-12,19,28H. The van der Waals surface area contributed by atoms with E-state index in [0.29, 0.717) is 17.8 Å². The van der Waals surface area contributed by atoms with Crippen LogP contribution in [0.3, 0.4) is 0 Å². The first-order valence-corrected chi connectivity index (χ1v) is 8.97. The molecule has 0 saturated carbocycles. The van der Waals surface area contributed by atoms with Crippen molar-refractivity contribution >= 4 is 17.1 Å². The minimum atomic E-state index is -5.47. The van der Waals surface area contributed by atoms with E-state index in [-0.39, 0.29) is 22.9 Å². The Morgan fingerprint density at radius 1 is 0.781 bits per heavy atom. The zero-order valence-corrected chi connectivity index (χ0v) is 15.9. The number of anilines is 2. The number of benzene rings is 3. The Balaban J connectivity index is 1.72. The lowest BCUT2D eigenvalue weighted by Crippen LogP contribution is -2.34. The number of nitro benzene ring substituents is 1. The summed E-state index contributed by atoms with van der Waals surface area (Å²) >= 11 is 0. The molecule has 0 aliphatic rings. The Morgan fingerprint density at radius 3 is 1.78 bits per heavy atom. The predicted molar refractivity (Wildman–Crippen MR) is 104 cm³/mol. The number of nitrogens with one attached hydrogen (secondary N) is 1. The van der Waals surface area contributed by atoms with E-state index < -0.39 is 28.8 Å². The van der Waals surface area contributed by atoms with Crippen LogP contribution in [0.15, 0.2) is 72.8 Å². The molecule has 3 aromatic carbocycles. The molecule has 0 fully saturated rings. The summed E-state index contributed by atoms with van der Waals surface area (Å²) < 4.78 is 82.4. The summed E-state index contributed by atoms with van der Waals surface area (Å²) in [5, 5.41) is 13.9. The minimum absolute atomic E-state index is 0.0382. The van der Waals surface area contributed by atoms with E-state index in [0.717, 1.165) is 12.1 Å². The number of rotatable bonds is 6. The van der Waals surface area contributed by atoms with Gasteiger partial charge < -0.3 is 10.1 Å². The summed E-state index contributed by atoms with van der Waals surface area (Å²) in [7, 11) is 0. The van der Waals surface area contributed by atoms with Crippen molar-refractivity contribution in [3.8, 4) is 11.5 Å². The van der Waals surface area contributed by atoms with Gasteiger partial charge in [-0.3, -0.25) is 10.1 Å². The lowest BCUT2D eigenvalue weighted by atomic mass is 9.98. The van der Waals surface area contributed by atoms with Crippen molar-refractivity contribution < 1.29 is 36.0 Å². The molecular formula is C21H14F6N2O3. The Kier molecular flexibility index (Phi) is 6.28. The van der Waals surface area contributed by atoms with Crippen molar-refractivity contribution in [2.24, 2.45) is 0 Å². The number of ether oxygens (including phenoxy) is 1. The number of nitro groups is 1. The Morgan fingerprint density at radius 2 is 1.28 bits per heavy atom. The third kappa shape index (κ3) is 5.48. The van der Waals surface area contributed by atoms with Gasteiger partial charge in [-0.2, -0.15) is 26.3 Å². The van der Waals surface area contributed by atoms with Crippen LogP contribution < -0.4 is 10.1 Å². The van der Waals surface area contributed by atoms with Gasteiger partial charge in [-0.1, -0.05) is 24.3 Å². The van der Waals surface area contributed by atoms with Crippen LogP contribution in [0, 0.1) is 10.1 Å². The summed E-state index contributed by atoms with van der Waals surface area (Å²) in [6.45, 7) is 0. The molecule has 0 aliphatic heterocycles. The molecule has 0 bridgehead atoms. The topological polar surface area (TPSA) is 64.4 Å². The Hall–Kier alpha value is -3.76. The fourth-order valence-corrected chi connectivity index (χ4v) is 2.93. The van der Waals surface area contributed by atoms with E-state index in [1.165, 1.54) is 30.3 Å². The van der Waals surface area contributed by atoms with E-state index in [4.69, 9.17) is 4.74 Å². The first-order valence-electron chi connectivity index (χ1n) is 8.97. The molecule has 168 valence electrons. The zero-order chi connectivity index (χ0) is 23.5. The maximum Gasteiger partial charge on any atom is 0.404 e. The predicted octanol–water partition coefficient (Wildman–Crippen LogP) is 7.34. The summed E-state index contributed by atoms with van der Waals surface area (Å²) in [5.74, 6) is -3.29. The summed E-state index contributed by atoms with van der Waals surface area (Å²) in [6.07, 6.45) is -10.9. The number of para-hydroxylation sites is 2. The SMILES string of the molecule is O=[N+]([O-])c1ccccc1Nc1ccc(Oc2ccc(C(C(F)(F)F)C(F)(F)F)cc2)cc1. The highest BCUT2D eigenvalue weighted by Gasteiger charge is 2.57. The molecule has 3 rings (SSSR count). The second kappa shape index (κ2) is 8.77. The highest BCUT2D eigenvalue weighted by molar-refractivity contribution is 5.69. The summed E-state index contributed by atoms with van der Waals surface area (Å²) in [6, 6.07) is 15.5. The molecule has 0 radical (unpaired) electrons. The van der Waals surface area contributed by atoms with Crippen molar-refractivity contribution in [2.75, 3.05) is 5.32 Å². The monoisotopic (exact) mass is 456 g/mol. The minimum Gasteiger partial charge on any atom is -0.457 e. The molecule has 0 aliphatic carbocycles. The summed E-state index contributed by atoms with van der Waals surface area (Å²) in [4.78, 5) is 10.5. The van der Waals surface area contributed by atoms with Gasteiger partial charge in [0.2, 0.25) is 0 Å². The third-order valence-electron chi connectivity index (χ3n) is 4.34. The van der Waals surface area contributed by atoms with E-state index in [9.17, 15) is 36.5 Å². The number of nitrogens with zero attached hydrogens (tertiary/aromatic N) is 1. The average molecular weight is 456 g/mol. The molecule has 0 atom stereocenters. The van der Waals surface area contributed by atoms with Gasteiger partial charge in [-0.25, -0.2) is 0 Å². The van der Waals surface area contributed by atoms with E-state index in [1.807, 2.05) is 0 Å². The van der Waals surface area contributed by atoms with Crippen LogP contribution in [-0.2, 0) is 0 Å². The summed E-state index contributed by atoms with van der Waals surface area (Å²) in [5.41, 5.74) is -0.295. The molecule has 32 heavy (non-hydrogen) atoms. The van der Waals surface area contributed by atoms with Crippen LogP contribution in [-0.4, -0.2) is 17.3 Å². The van der Waals surface area contributed by atoms with E-state index >= 15 is 0 Å². The van der Waals surface area contributed by atoms with Crippen molar-refractivity contribution in [1.29, 1.82) is 0 Å². The maximum atomic E-state index is 12.8. The molecule has 11 heteroatoms. The fraction of sp³-hybridized carbons (Fsp3) is 0.143. The van der Waals surface area contributed by atoms with Crippen LogP contribution >= 0.6 is 0 Å². The molecular weight excluding hydrogens is 442 g/mol. The zero-order valence-electron chi connectivity index (χ0n) is 15.9. The van der Waals surface area contributed by atoms with E-state index in [1.54, 1.807) is 18.2 Å². The quantitative estimate of drug-likeness (QED) is 0.240. The van der Waals surface area contributed by atoms with Crippen molar-refractivity contribution in [1.82, 2.24) is 0 Å². The van der Waals surface area contributed by atoms with Gasteiger partial charge in [0.05, 0.1) is 4.92 Å². The molecule has 0 amide bonds. The van der Waals surface area contributed by atoms with Gasteiger partial charge in [-0.15, -0.1) is 0 Å². The number of hydrogen-bond donors (Lipinski definition) is 1. The van der Waals surface area contributed by atoms with Gasteiger partial charge in [0.1, 0.15) is 17.2 Å². The van der Waals surface area contributed by atoms with E-state index in [2.05, 4.69) is 5.32 Å². The molecule has 0 unspecified atom stereocenters. The number of halogens is 6. The van der Waals surface area contributed by atoms with Gasteiger partial charge in [0, 0.05) is 11.8 Å². The number of hydrogen-bond acceptors (Lipinski definition) is 4. The highest BCUT2D eigenvalue weighted by Crippen LogP contribution is 2.46. The molecule has 0 saturated heterocycles. The first kappa shape index (κ1) is 22.9. The van der Waals surface area contributed by atoms with Crippen molar-refractivity contribution in [2.45, 2.75) is 18.3 Å². The second-order valence-corrected chi connectivity index (χ2v) is 6.61. The van der Waals surface area contributed by atoms with Crippen LogP contribution in [0.25, 0.3) is 0 Å². The molecule has 0 heterocycles. The van der Waals surface area contributed by atoms with Gasteiger partial charge in [0.25, 0.3) is 5.69 Å². The third-order valence-corrected chi connectivity index (χ3v) is 4.34. The van der Waals surface area contributed by atoms with Crippen LogP contribution in [0.4, 0.5) is 43.4 Å². The Labute approximate surface area is 177 Å². The lowest BCUT2D eigenvalue weighted by molar-refractivity contribution is -0.383. The fourth-order valence-electron chi connectivity index (χ4n) is 2.93. The molecule has 5 nitrogen and oxygen atoms in total. The average Bonchev–Trinajstić information content (AvgIpc) is 2.69. The van der Waals surface area contributed by atoms with Gasteiger partial charge >= 0.3 is 12.4 Å². The van der Waals surface area contributed by atoms with Crippen LogP contribution in [0.2, 0.25) is 0 Å². The van der Waals surface area contributed by atoms with Gasteiger partial charge in [-0.05, 0) is 48.0 Å². The maximum absolute atomic E-state index is 12.8. The largest absolute Gasteiger partial charge is 0.457 e. The molecule has 0 spiro atoms. The lowest BCUT2D eigenvalue weighted by Gasteiger charge is -2.23. The molecule has 0 aromatic heterocycles.